The van der Waals surface area contributed by atoms with E-state index in [0.717, 1.165) is 19.2 Å². The van der Waals surface area contributed by atoms with Crippen molar-refractivity contribution in [3.05, 3.63) is 39.4 Å². The number of nitro groups is 1. The van der Waals surface area contributed by atoms with Crippen molar-refractivity contribution in [1.29, 1.82) is 0 Å². The van der Waals surface area contributed by atoms with Gasteiger partial charge in [0.1, 0.15) is 0 Å². The predicted octanol–water partition coefficient (Wildman–Crippen LogP) is 2.02. The average Bonchev–Trinajstić information content (AvgIpc) is 2.38. The number of alkyl halides is 3. The minimum atomic E-state index is -4.58. The van der Waals surface area contributed by atoms with E-state index in [1.807, 2.05) is 4.90 Å². The van der Waals surface area contributed by atoms with Gasteiger partial charge >= 0.3 is 6.18 Å². The van der Waals surface area contributed by atoms with Crippen molar-refractivity contribution < 1.29 is 18.1 Å². The largest absolute Gasteiger partial charge is 0.416 e. The summed E-state index contributed by atoms with van der Waals surface area (Å²) in [5.41, 5.74) is -1.18. The number of nitrogens with one attached hydrogen (secondary N) is 1. The van der Waals surface area contributed by atoms with Gasteiger partial charge in [-0.1, -0.05) is 0 Å². The van der Waals surface area contributed by atoms with Crippen molar-refractivity contribution >= 4 is 5.69 Å². The zero-order valence-electron chi connectivity index (χ0n) is 10.6. The number of hydrogen-bond donors (Lipinski definition) is 1. The lowest BCUT2D eigenvalue weighted by Gasteiger charge is -2.27. The lowest BCUT2D eigenvalue weighted by atomic mass is 10.1. The van der Waals surface area contributed by atoms with E-state index in [0.29, 0.717) is 24.7 Å². The molecule has 1 aliphatic heterocycles. The molecule has 0 aliphatic carbocycles. The molecule has 1 saturated heterocycles. The Morgan fingerprint density at radius 3 is 2.45 bits per heavy atom. The van der Waals surface area contributed by atoms with E-state index in [1.54, 1.807) is 0 Å². The highest BCUT2D eigenvalue weighted by molar-refractivity contribution is 5.40. The molecule has 1 heterocycles. The molecule has 0 aromatic heterocycles. The normalized spacial score (nSPS) is 17.1. The summed E-state index contributed by atoms with van der Waals surface area (Å²) in [6.45, 7) is 3.24. The molecule has 1 fully saturated rings. The van der Waals surface area contributed by atoms with E-state index in [9.17, 15) is 23.3 Å². The van der Waals surface area contributed by atoms with Crippen LogP contribution in [0.2, 0.25) is 0 Å². The van der Waals surface area contributed by atoms with Crippen LogP contribution < -0.4 is 5.32 Å². The molecule has 20 heavy (non-hydrogen) atoms. The highest BCUT2D eigenvalue weighted by atomic mass is 19.4. The van der Waals surface area contributed by atoms with Crippen LogP contribution in [0.5, 0.6) is 0 Å². The monoisotopic (exact) mass is 289 g/mol. The summed E-state index contributed by atoms with van der Waals surface area (Å²) in [5.74, 6) is 0. The number of hydrogen-bond acceptors (Lipinski definition) is 4. The van der Waals surface area contributed by atoms with Crippen LogP contribution in [-0.4, -0.2) is 36.0 Å². The molecule has 5 nitrogen and oxygen atoms in total. The zero-order valence-corrected chi connectivity index (χ0v) is 10.6. The smallest absolute Gasteiger partial charge is 0.314 e. The summed E-state index contributed by atoms with van der Waals surface area (Å²) in [4.78, 5) is 11.9. The molecule has 0 bridgehead atoms. The third kappa shape index (κ3) is 3.67. The number of rotatable bonds is 3. The number of piperazine rings is 1. The molecule has 1 aliphatic rings. The zero-order chi connectivity index (χ0) is 14.8. The SMILES string of the molecule is O=[N+]([O-])c1cc(CN2CCNCC2)cc(C(F)(F)F)c1. The van der Waals surface area contributed by atoms with E-state index in [2.05, 4.69) is 5.32 Å². The number of nitrogens with zero attached hydrogens (tertiary/aromatic N) is 2. The standard InChI is InChI=1S/C12H14F3N3O2/c13-12(14,15)10-5-9(6-11(7-10)18(19)20)8-17-3-1-16-2-4-17/h5-7,16H,1-4,8H2. The van der Waals surface area contributed by atoms with Gasteiger partial charge in [-0.15, -0.1) is 0 Å². The first kappa shape index (κ1) is 14.7. The average molecular weight is 289 g/mol. The number of non-ortho nitro benzene ring substituents is 1. The molecule has 8 heteroatoms. The lowest BCUT2D eigenvalue weighted by molar-refractivity contribution is -0.385. The second-order valence-electron chi connectivity index (χ2n) is 4.67. The van der Waals surface area contributed by atoms with Crippen molar-refractivity contribution in [2.75, 3.05) is 26.2 Å². The van der Waals surface area contributed by atoms with Gasteiger partial charge in [-0.2, -0.15) is 13.2 Å². The van der Waals surface area contributed by atoms with Gasteiger partial charge in [-0.25, -0.2) is 0 Å². The van der Waals surface area contributed by atoms with E-state index < -0.39 is 22.4 Å². The fourth-order valence-corrected chi connectivity index (χ4v) is 2.16. The summed E-state index contributed by atoms with van der Waals surface area (Å²) >= 11 is 0. The second-order valence-corrected chi connectivity index (χ2v) is 4.67. The van der Waals surface area contributed by atoms with Crippen LogP contribution in [0.1, 0.15) is 11.1 Å². The first-order valence-electron chi connectivity index (χ1n) is 6.15. The molecule has 110 valence electrons. The third-order valence-corrected chi connectivity index (χ3v) is 3.13. The van der Waals surface area contributed by atoms with Crippen LogP contribution in [0.4, 0.5) is 18.9 Å². The molecule has 2 rings (SSSR count). The van der Waals surface area contributed by atoms with Gasteiger partial charge < -0.3 is 5.32 Å². The topological polar surface area (TPSA) is 58.4 Å². The Balaban J connectivity index is 2.26. The quantitative estimate of drug-likeness (QED) is 0.683. The Morgan fingerprint density at radius 2 is 1.90 bits per heavy atom. The van der Waals surface area contributed by atoms with Crippen molar-refractivity contribution in [2.24, 2.45) is 0 Å². The molecule has 1 aromatic rings. The van der Waals surface area contributed by atoms with Crippen LogP contribution in [0.3, 0.4) is 0 Å². The Labute approximate surface area is 113 Å². The van der Waals surface area contributed by atoms with Crippen LogP contribution in [0.25, 0.3) is 0 Å². The highest BCUT2D eigenvalue weighted by Crippen LogP contribution is 2.32. The maximum absolute atomic E-state index is 12.7. The van der Waals surface area contributed by atoms with E-state index in [4.69, 9.17) is 0 Å². The van der Waals surface area contributed by atoms with Crippen molar-refractivity contribution in [3.8, 4) is 0 Å². The molecular weight excluding hydrogens is 275 g/mol. The summed E-state index contributed by atoms with van der Waals surface area (Å²) in [7, 11) is 0. The summed E-state index contributed by atoms with van der Waals surface area (Å²) < 4.78 is 38.2. The fourth-order valence-electron chi connectivity index (χ4n) is 2.16. The Kier molecular flexibility index (Phi) is 4.24. The Bertz CT molecular complexity index is 499. The van der Waals surface area contributed by atoms with Gasteiger partial charge in [0.25, 0.3) is 5.69 Å². The molecule has 0 spiro atoms. The molecule has 0 radical (unpaired) electrons. The Hall–Kier alpha value is -1.67. The highest BCUT2D eigenvalue weighted by Gasteiger charge is 2.32. The molecule has 1 N–H and O–H groups in total. The van der Waals surface area contributed by atoms with Crippen LogP contribution in [0.15, 0.2) is 18.2 Å². The summed E-state index contributed by atoms with van der Waals surface area (Å²) in [6.07, 6.45) is -4.58. The Morgan fingerprint density at radius 1 is 1.25 bits per heavy atom. The minimum absolute atomic E-state index is 0.284. The van der Waals surface area contributed by atoms with Crippen LogP contribution in [0, 0.1) is 10.1 Å². The van der Waals surface area contributed by atoms with E-state index in [-0.39, 0.29) is 6.54 Å². The third-order valence-electron chi connectivity index (χ3n) is 3.13. The van der Waals surface area contributed by atoms with Crippen LogP contribution in [-0.2, 0) is 12.7 Å². The van der Waals surface area contributed by atoms with E-state index >= 15 is 0 Å². The molecule has 0 amide bonds. The summed E-state index contributed by atoms with van der Waals surface area (Å²) in [5, 5.41) is 13.9. The molecule has 0 atom stereocenters. The van der Waals surface area contributed by atoms with Gasteiger partial charge in [0, 0.05) is 44.9 Å². The summed E-state index contributed by atoms with van der Waals surface area (Å²) in [6, 6.07) is 2.76. The minimum Gasteiger partial charge on any atom is -0.314 e. The van der Waals surface area contributed by atoms with Gasteiger partial charge in [0.05, 0.1) is 10.5 Å². The number of benzene rings is 1. The molecule has 1 aromatic carbocycles. The van der Waals surface area contributed by atoms with Crippen molar-refractivity contribution in [1.82, 2.24) is 10.2 Å². The maximum atomic E-state index is 12.7. The fraction of sp³-hybridized carbons (Fsp3) is 0.500. The first-order chi connectivity index (χ1) is 9.36. The van der Waals surface area contributed by atoms with Crippen LogP contribution >= 0.6 is 0 Å². The lowest BCUT2D eigenvalue weighted by Crippen LogP contribution is -2.42. The van der Waals surface area contributed by atoms with Gasteiger partial charge in [-0.05, 0) is 11.6 Å². The number of nitro benzene ring substituents is 1. The molecule has 0 saturated carbocycles. The molecular formula is C12H14F3N3O2. The second kappa shape index (κ2) is 5.76. The predicted molar refractivity (Wildman–Crippen MR) is 66.2 cm³/mol. The van der Waals surface area contributed by atoms with E-state index in [1.165, 1.54) is 6.07 Å². The van der Waals surface area contributed by atoms with Gasteiger partial charge in [0.2, 0.25) is 0 Å². The van der Waals surface area contributed by atoms with Gasteiger partial charge in [-0.3, -0.25) is 15.0 Å². The first-order valence-corrected chi connectivity index (χ1v) is 6.15. The maximum Gasteiger partial charge on any atom is 0.416 e. The number of halogens is 3. The molecule has 0 unspecified atom stereocenters. The van der Waals surface area contributed by atoms with Crippen molar-refractivity contribution in [2.45, 2.75) is 12.7 Å². The van der Waals surface area contributed by atoms with Crippen molar-refractivity contribution in [3.63, 3.8) is 0 Å². The van der Waals surface area contributed by atoms with Gasteiger partial charge in [0.15, 0.2) is 0 Å².